The lowest BCUT2D eigenvalue weighted by atomic mass is 9.98. The Morgan fingerprint density at radius 1 is 1.08 bits per heavy atom. The zero-order valence-electron chi connectivity index (χ0n) is 13.9. The molecule has 1 amide bonds. The molecule has 0 unspecified atom stereocenters. The molecule has 1 heterocycles. The molecule has 7 heteroatoms. The minimum atomic E-state index is -0.550. The summed E-state index contributed by atoms with van der Waals surface area (Å²) in [5, 5.41) is 13.9. The maximum atomic E-state index is 12.4. The van der Waals surface area contributed by atoms with Gasteiger partial charge in [0.1, 0.15) is 4.88 Å². The highest BCUT2D eigenvalue weighted by atomic mass is 35.5. The summed E-state index contributed by atoms with van der Waals surface area (Å²) in [6.45, 7) is 0. The van der Waals surface area contributed by atoms with Crippen molar-refractivity contribution in [2.75, 3.05) is 0 Å². The minimum absolute atomic E-state index is 0.0591. The van der Waals surface area contributed by atoms with Gasteiger partial charge in [0.2, 0.25) is 0 Å². The van der Waals surface area contributed by atoms with Crippen LogP contribution in [-0.2, 0) is 0 Å². The van der Waals surface area contributed by atoms with Crippen LogP contribution in [0.4, 0.5) is 5.69 Å². The topological polar surface area (TPSA) is 72.2 Å². The quantitative estimate of drug-likeness (QED) is 0.545. The molecule has 0 radical (unpaired) electrons. The van der Waals surface area contributed by atoms with Crippen LogP contribution in [0.5, 0.6) is 0 Å². The molecule has 0 aromatic carbocycles. The molecule has 1 aliphatic rings. The van der Waals surface area contributed by atoms with Gasteiger partial charge >= 0.3 is 0 Å². The summed E-state index contributed by atoms with van der Waals surface area (Å²) in [4.78, 5) is 23.0. The smallest absolute Gasteiger partial charge is 0.299 e. The van der Waals surface area contributed by atoms with Crippen molar-refractivity contribution < 1.29 is 9.72 Å². The molecule has 1 N–H and O–H groups in total. The highest BCUT2D eigenvalue weighted by molar-refractivity contribution is 7.18. The standard InChI is InChI=1S/C17H25ClN2O3S/c18-16-14(20(22)23)12-15(24-16)17(21)19-13-10-8-6-4-2-1-3-5-7-9-11-13/h12-13H,1-11H2,(H,19,21). The highest BCUT2D eigenvalue weighted by Gasteiger charge is 2.22. The normalized spacial score (nSPS) is 18.4. The Labute approximate surface area is 151 Å². The third-order valence-corrected chi connectivity index (χ3v) is 5.87. The first-order valence-electron chi connectivity index (χ1n) is 8.82. The van der Waals surface area contributed by atoms with Gasteiger partial charge in [0.25, 0.3) is 11.6 Å². The number of amides is 1. The van der Waals surface area contributed by atoms with Gasteiger partial charge in [0.05, 0.1) is 4.92 Å². The second-order valence-electron chi connectivity index (χ2n) is 6.46. The molecule has 1 aromatic rings. The first-order chi connectivity index (χ1) is 11.6. The number of carbonyl (C=O) groups excluding carboxylic acids is 1. The van der Waals surface area contributed by atoms with Crippen LogP contribution in [0.3, 0.4) is 0 Å². The third kappa shape index (κ3) is 6.06. The van der Waals surface area contributed by atoms with Gasteiger partial charge in [-0.2, -0.15) is 0 Å². The van der Waals surface area contributed by atoms with Crippen LogP contribution >= 0.6 is 22.9 Å². The molecule has 0 saturated heterocycles. The number of nitrogens with zero attached hydrogens (tertiary/aromatic N) is 1. The predicted octanol–water partition coefficient (Wildman–Crippen LogP) is 5.71. The van der Waals surface area contributed by atoms with Crippen LogP contribution in [-0.4, -0.2) is 16.9 Å². The largest absolute Gasteiger partial charge is 0.349 e. The lowest BCUT2D eigenvalue weighted by Gasteiger charge is -2.19. The van der Waals surface area contributed by atoms with Crippen LogP contribution in [0.15, 0.2) is 6.07 Å². The molecule has 0 spiro atoms. The number of nitrogens with one attached hydrogen (secondary N) is 1. The molecule has 0 atom stereocenters. The Morgan fingerprint density at radius 3 is 2.04 bits per heavy atom. The molecular weight excluding hydrogens is 348 g/mol. The fraction of sp³-hybridized carbons (Fsp3) is 0.706. The Morgan fingerprint density at radius 2 is 1.58 bits per heavy atom. The number of hydrogen-bond acceptors (Lipinski definition) is 4. The second kappa shape index (κ2) is 9.99. The van der Waals surface area contributed by atoms with E-state index in [0.717, 1.165) is 37.0 Å². The van der Waals surface area contributed by atoms with E-state index in [9.17, 15) is 14.9 Å². The van der Waals surface area contributed by atoms with Crippen molar-refractivity contribution in [3.8, 4) is 0 Å². The van der Waals surface area contributed by atoms with E-state index in [0.29, 0.717) is 4.88 Å². The van der Waals surface area contributed by atoms with Gasteiger partial charge in [-0.25, -0.2) is 0 Å². The van der Waals surface area contributed by atoms with Crippen LogP contribution in [0, 0.1) is 10.1 Å². The van der Waals surface area contributed by atoms with Crippen molar-refractivity contribution in [2.24, 2.45) is 0 Å². The van der Waals surface area contributed by atoms with E-state index in [1.807, 2.05) is 0 Å². The van der Waals surface area contributed by atoms with Crippen LogP contribution in [0.2, 0.25) is 4.34 Å². The molecule has 1 saturated carbocycles. The monoisotopic (exact) mass is 372 g/mol. The van der Waals surface area contributed by atoms with Crippen molar-refractivity contribution in [1.29, 1.82) is 0 Å². The predicted molar refractivity (Wildman–Crippen MR) is 98.0 cm³/mol. The zero-order chi connectivity index (χ0) is 17.4. The van der Waals surface area contributed by atoms with Crippen molar-refractivity contribution in [3.05, 3.63) is 25.4 Å². The average Bonchev–Trinajstić information content (AvgIpc) is 2.92. The van der Waals surface area contributed by atoms with E-state index in [-0.39, 0.29) is 22.0 Å². The van der Waals surface area contributed by atoms with Gasteiger partial charge in [0.15, 0.2) is 4.34 Å². The van der Waals surface area contributed by atoms with Gasteiger partial charge < -0.3 is 5.32 Å². The molecular formula is C17H25ClN2O3S. The maximum absolute atomic E-state index is 12.4. The number of thiophene rings is 1. The summed E-state index contributed by atoms with van der Waals surface area (Å²) < 4.78 is 0.0591. The number of halogens is 1. The fourth-order valence-corrected chi connectivity index (χ4v) is 4.29. The molecule has 0 aliphatic heterocycles. The molecule has 1 aromatic heterocycles. The SMILES string of the molecule is O=C(NC1CCCCCCCCCCC1)c1cc([N+](=O)[O-])c(Cl)s1. The molecule has 1 aliphatic carbocycles. The van der Waals surface area contributed by atoms with E-state index in [4.69, 9.17) is 11.6 Å². The van der Waals surface area contributed by atoms with Crippen molar-refractivity contribution in [1.82, 2.24) is 5.32 Å². The van der Waals surface area contributed by atoms with Crippen LogP contribution in [0.1, 0.15) is 80.3 Å². The van der Waals surface area contributed by atoms with Gasteiger partial charge in [-0.05, 0) is 12.8 Å². The second-order valence-corrected chi connectivity index (χ2v) is 8.11. The molecule has 5 nitrogen and oxygen atoms in total. The van der Waals surface area contributed by atoms with Crippen LogP contribution in [0.25, 0.3) is 0 Å². The Hall–Kier alpha value is -1.14. The van der Waals surface area contributed by atoms with Crippen molar-refractivity contribution in [2.45, 2.75) is 76.7 Å². The van der Waals surface area contributed by atoms with E-state index in [2.05, 4.69) is 5.32 Å². The Kier molecular flexibility index (Phi) is 7.99. The number of hydrogen-bond donors (Lipinski definition) is 1. The molecule has 24 heavy (non-hydrogen) atoms. The van der Waals surface area contributed by atoms with Gasteiger partial charge in [-0.1, -0.05) is 69.4 Å². The molecule has 0 bridgehead atoms. The molecule has 134 valence electrons. The average molecular weight is 373 g/mol. The van der Waals surface area contributed by atoms with Gasteiger partial charge in [0, 0.05) is 12.1 Å². The molecule has 1 fully saturated rings. The molecule has 2 rings (SSSR count). The zero-order valence-corrected chi connectivity index (χ0v) is 15.5. The van der Waals surface area contributed by atoms with E-state index >= 15 is 0 Å². The lowest BCUT2D eigenvalue weighted by Crippen LogP contribution is -2.34. The number of nitro groups is 1. The van der Waals surface area contributed by atoms with Gasteiger partial charge in [-0.15, -0.1) is 11.3 Å². The Balaban J connectivity index is 1.93. The van der Waals surface area contributed by atoms with Crippen molar-refractivity contribution >= 4 is 34.5 Å². The van der Waals surface area contributed by atoms with Gasteiger partial charge in [-0.3, -0.25) is 14.9 Å². The lowest BCUT2D eigenvalue weighted by molar-refractivity contribution is -0.384. The highest BCUT2D eigenvalue weighted by Crippen LogP contribution is 2.33. The van der Waals surface area contributed by atoms with E-state index in [1.54, 1.807) is 0 Å². The summed E-state index contributed by atoms with van der Waals surface area (Å²) in [6, 6.07) is 1.43. The summed E-state index contributed by atoms with van der Waals surface area (Å²) in [5.41, 5.74) is -0.189. The summed E-state index contributed by atoms with van der Waals surface area (Å²) in [6.07, 6.45) is 13.1. The van der Waals surface area contributed by atoms with Crippen LogP contribution < -0.4 is 5.32 Å². The number of rotatable bonds is 3. The first kappa shape index (κ1) is 19.2. The summed E-state index contributed by atoms with van der Waals surface area (Å²) >= 11 is 6.82. The maximum Gasteiger partial charge on any atom is 0.299 e. The minimum Gasteiger partial charge on any atom is -0.349 e. The number of carbonyl (C=O) groups is 1. The fourth-order valence-electron chi connectivity index (χ4n) is 3.16. The summed E-state index contributed by atoms with van der Waals surface area (Å²) in [7, 11) is 0. The third-order valence-electron chi connectivity index (χ3n) is 4.53. The van der Waals surface area contributed by atoms with E-state index < -0.39 is 4.92 Å². The summed E-state index contributed by atoms with van der Waals surface area (Å²) in [5.74, 6) is -0.243. The van der Waals surface area contributed by atoms with Crippen molar-refractivity contribution in [3.63, 3.8) is 0 Å². The Bertz CT molecular complexity index is 550. The van der Waals surface area contributed by atoms with E-state index in [1.165, 1.54) is 51.0 Å². The first-order valence-corrected chi connectivity index (χ1v) is 10.0.